The fourth-order valence-corrected chi connectivity index (χ4v) is 4.93. The highest BCUT2D eigenvalue weighted by Crippen LogP contribution is 2.44. The van der Waals surface area contributed by atoms with Crippen LogP contribution in [0.4, 0.5) is 17.1 Å². The van der Waals surface area contributed by atoms with E-state index >= 15 is 0 Å². The van der Waals surface area contributed by atoms with Gasteiger partial charge in [-0.25, -0.2) is 0 Å². The molecule has 10 nitrogen and oxygen atoms in total. The van der Waals surface area contributed by atoms with Crippen molar-refractivity contribution in [1.82, 2.24) is 10.3 Å². The maximum Gasteiger partial charge on any atom is 0.269 e. The molecule has 5 rings (SSSR count). The van der Waals surface area contributed by atoms with Crippen LogP contribution in [0, 0.1) is 15.5 Å². The standard InChI is InChI=1S/C30H29N5O5S/c1-30(2,3)28(36)32-21-13-12-20(17-25(21)39-4)34-27(26(33-29(34)41)22-7-5-6-16-31-22)24-15-14-23(40-24)18-8-10-19(11-9-18)35(37)38/h5-17,26-27H,1-4H3,(H,32,36)(H,33,41)/t26-,27-/m0/s1. The number of carbonyl (C=O) groups is 1. The number of aromatic nitrogens is 1. The van der Waals surface area contributed by atoms with Gasteiger partial charge in [-0.3, -0.25) is 19.9 Å². The monoisotopic (exact) mass is 571 g/mol. The van der Waals surface area contributed by atoms with Gasteiger partial charge in [0.05, 0.1) is 29.5 Å². The number of thiocarbonyl (C=S) groups is 1. The van der Waals surface area contributed by atoms with E-state index < -0.39 is 16.4 Å². The number of anilines is 2. The van der Waals surface area contributed by atoms with Crippen molar-refractivity contribution in [2.24, 2.45) is 5.41 Å². The molecule has 0 bridgehead atoms. The largest absolute Gasteiger partial charge is 0.494 e. The number of nitro groups is 1. The van der Waals surface area contributed by atoms with E-state index in [-0.39, 0.29) is 17.6 Å². The molecule has 210 valence electrons. The second kappa shape index (κ2) is 11.0. The molecular formula is C30H29N5O5S. The first-order valence-corrected chi connectivity index (χ1v) is 13.3. The number of nitro benzene ring substituents is 1. The van der Waals surface area contributed by atoms with E-state index in [2.05, 4.69) is 15.6 Å². The number of rotatable bonds is 7. The van der Waals surface area contributed by atoms with Crippen LogP contribution in [0.25, 0.3) is 11.3 Å². The first kappa shape index (κ1) is 27.8. The van der Waals surface area contributed by atoms with Gasteiger partial charge in [-0.05, 0) is 60.7 Å². The van der Waals surface area contributed by atoms with Crippen LogP contribution in [0.15, 0.2) is 83.4 Å². The number of hydrogen-bond acceptors (Lipinski definition) is 7. The summed E-state index contributed by atoms with van der Waals surface area (Å²) in [6.45, 7) is 5.52. The number of benzene rings is 2. The Morgan fingerprint density at radius 2 is 1.88 bits per heavy atom. The molecule has 1 aliphatic rings. The fourth-order valence-electron chi connectivity index (χ4n) is 4.58. The average molecular weight is 572 g/mol. The Morgan fingerprint density at radius 1 is 1.12 bits per heavy atom. The third-order valence-electron chi connectivity index (χ3n) is 6.77. The van der Waals surface area contributed by atoms with E-state index in [1.54, 1.807) is 31.5 Å². The number of pyridine rings is 1. The van der Waals surface area contributed by atoms with Crippen molar-refractivity contribution in [3.63, 3.8) is 0 Å². The number of hydrogen-bond donors (Lipinski definition) is 2. The van der Waals surface area contributed by atoms with Crippen LogP contribution in [0.1, 0.15) is 44.3 Å². The zero-order chi connectivity index (χ0) is 29.3. The molecule has 1 fully saturated rings. The molecule has 1 amide bonds. The summed E-state index contributed by atoms with van der Waals surface area (Å²) in [6, 6.07) is 20.3. The third kappa shape index (κ3) is 5.62. The highest BCUT2D eigenvalue weighted by molar-refractivity contribution is 7.80. The van der Waals surface area contributed by atoms with Gasteiger partial charge in [0.25, 0.3) is 5.69 Å². The first-order chi connectivity index (χ1) is 19.6. The van der Waals surface area contributed by atoms with Gasteiger partial charge in [0.1, 0.15) is 23.3 Å². The molecule has 1 saturated heterocycles. The third-order valence-corrected chi connectivity index (χ3v) is 7.09. The van der Waals surface area contributed by atoms with E-state index in [0.29, 0.717) is 33.6 Å². The molecular weight excluding hydrogens is 542 g/mol. The number of ether oxygens (including phenoxy) is 1. The van der Waals surface area contributed by atoms with Crippen molar-refractivity contribution in [2.75, 3.05) is 17.3 Å². The van der Waals surface area contributed by atoms with Gasteiger partial charge in [0.2, 0.25) is 5.91 Å². The van der Waals surface area contributed by atoms with Gasteiger partial charge in [-0.1, -0.05) is 26.8 Å². The van der Waals surface area contributed by atoms with E-state index in [9.17, 15) is 14.9 Å². The highest BCUT2D eigenvalue weighted by atomic mass is 32.1. The van der Waals surface area contributed by atoms with Gasteiger partial charge in [0.15, 0.2) is 5.11 Å². The number of methoxy groups -OCH3 is 1. The van der Waals surface area contributed by atoms with E-state index in [1.807, 2.05) is 68.1 Å². The van der Waals surface area contributed by atoms with Crippen LogP contribution < -0.4 is 20.3 Å². The van der Waals surface area contributed by atoms with Gasteiger partial charge >= 0.3 is 0 Å². The maximum atomic E-state index is 12.6. The molecule has 2 aromatic carbocycles. The SMILES string of the molecule is COc1cc(N2C(=S)N[C@@H](c3ccccn3)[C@@H]2c2ccc(-c3ccc([N+](=O)[O-])cc3)o2)ccc1NC(=O)C(C)(C)C. The van der Waals surface area contributed by atoms with Crippen LogP contribution in [-0.2, 0) is 4.79 Å². The van der Waals surface area contributed by atoms with Crippen molar-refractivity contribution in [2.45, 2.75) is 32.9 Å². The first-order valence-electron chi connectivity index (χ1n) is 12.9. The Bertz CT molecular complexity index is 1600. The summed E-state index contributed by atoms with van der Waals surface area (Å²) < 4.78 is 12.0. The number of carbonyl (C=O) groups excluding carboxylic acids is 1. The van der Waals surface area contributed by atoms with E-state index in [0.717, 1.165) is 11.4 Å². The molecule has 0 radical (unpaired) electrons. The molecule has 0 aliphatic carbocycles. The quantitative estimate of drug-likeness (QED) is 0.147. The number of furan rings is 1. The smallest absolute Gasteiger partial charge is 0.269 e. The topological polar surface area (TPSA) is 123 Å². The Morgan fingerprint density at radius 3 is 2.51 bits per heavy atom. The molecule has 4 aromatic rings. The Kier molecular flexibility index (Phi) is 7.46. The fraction of sp³-hybridized carbons (Fsp3) is 0.233. The van der Waals surface area contributed by atoms with Gasteiger partial charge < -0.3 is 24.7 Å². The zero-order valence-corrected chi connectivity index (χ0v) is 23.8. The summed E-state index contributed by atoms with van der Waals surface area (Å²) in [6.07, 6.45) is 1.72. The minimum atomic E-state index is -0.578. The number of non-ortho nitro benzene ring substituents is 1. The molecule has 2 atom stereocenters. The summed E-state index contributed by atoms with van der Waals surface area (Å²) in [5.41, 5.74) is 2.18. The molecule has 2 N–H and O–H groups in total. The molecule has 0 unspecified atom stereocenters. The lowest BCUT2D eigenvalue weighted by Crippen LogP contribution is -2.30. The molecule has 41 heavy (non-hydrogen) atoms. The molecule has 3 heterocycles. The molecule has 11 heteroatoms. The van der Waals surface area contributed by atoms with Crippen LogP contribution >= 0.6 is 12.2 Å². The average Bonchev–Trinajstić information content (AvgIpc) is 3.58. The predicted molar refractivity (Wildman–Crippen MR) is 160 cm³/mol. The Labute approximate surface area is 242 Å². The van der Waals surface area contributed by atoms with Crippen molar-refractivity contribution in [3.8, 4) is 17.1 Å². The Balaban J connectivity index is 1.54. The van der Waals surface area contributed by atoms with Crippen LogP contribution in [-0.4, -0.2) is 28.0 Å². The number of amides is 1. The zero-order valence-electron chi connectivity index (χ0n) is 23.0. The van der Waals surface area contributed by atoms with Crippen molar-refractivity contribution < 1.29 is 18.9 Å². The summed E-state index contributed by atoms with van der Waals surface area (Å²) in [4.78, 5) is 29.8. The second-order valence-electron chi connectivity index (χ2n) is 10.6. The minimum absolute atomic E-state index is 0.00310. The predicted octanol–water partition coefficient (Wildman–Crippen LogP) is 6.42. The summed E-state index contributed by atoms with van der Waals surface area (Å²) in [5, 5.41) is 17.9. The Hall–Kier alpha value is -4.77. The van der Waals surface area contributed by atoms with Crippen molar-refractivity contribution >= 4 is 40.3 Å². The van der Waals surface area contributed by atoms with Gasteiger partial charge in [-0.2, -0.15) is 0 Å². The molecule has 0 saturated carbocycles. The maximum absolute atomic E-state index is 12.6. The normalized spacial score (nSPS) is 16.8. The summed E-state index contributed by atoms with van der Waals surface area (Å²) in [7, 11) is 1.55. The van der Waals surface area contributed by atoms with E-state index in [4.69, 9.17) is 21.4 Å². The van der Waals surface area contributed by atoms with Crippen LogP contribution in [0.3, 0.4) is 0 Å². The molecule has 1 aliphatic heterocycles. The van der Waals surface area contributed by atoms with Crippen LogP contribution in [0.5, 0.6) is 5.75 Å². The number of nitrogens with one attached hydrogen (secondary N) is 2. The van der Waals surface area contributed by atoms with E-state index in [1.165, 1.54) is 12.1 Å². The summed E-state index contributed by atoms with van der Waals surface area (Å²) >= 11 is 5.82. The second-order valence-corrected chi connectivity index (χ2v) is 11.0. The summed E-state index contributed by atoms with van der Waals surface area (Å²) in [5.74, 6) is 1.52. The molecule has 2 aromatic heterocycles. The minimum Gasteiger partial charge on any atom is -0.494 e. The highest BCUT2D eigenvalue weighted by Gasteiger charge is 2.43. The van der Waals surface area contributed by atoms with Crippen molar-refractivity contribution in [1.29, 1.82) is 0 Å². The van der Waals surface area contributed by atoms with Crippen molar-refractivity contribution in [3.05, 3.63) is 101 Å². The lowest BCUT2D eigenvalue weighted by molar-refractivity contribution is -0.384. The van der Waals surface area contributed by atoms with Gasteiger partial charge in [0, 0.05) is 41.1 Å². The van der Waals surface area contributed by atoms with Crippen LogP contribution in [0.2, 0.25) is 0 Å². The number of nitrogens with zero attached hydrogens (tertiary/aromatic N) is 3. The lowest BCUT2D eigenvalue weighted by atomic mass is 9.95. The lowest BCUT2D eigenvalue weighted by Gasteiger charge is -2.27. The molecule has 0 spiro atoms. The van der Waals surface area contributed by atoms with Gasteiger partial charge in [-0.15, -0.1) is 0 Å².